The number of allylic oxidation sites excluding steroid dienone is 5. The van der Waals surface area contributed by atoms with Gasteiger partial charge in [0, 0.05) is 30.6 Å². The van der Waals surface area contributed by atoms with E-state index in [9.17, 15) is 14.9 Å². The maximum atomic E-state index is 12.8. The Morgan fingerprint density at radius 3 is 2.37 bits per heavy atom. The second-order valence-electron chi connectivity index (χ2n) is 6.81. The zero-order valence-corrected chi connectivity index (χ0v) is 16.5. The van der Waals surface area contributed by atoms with Gasteiger partial charge < -0.3 is 4.90 Å². The Bertz CT molecular complexity index is 790. The topological polar surface area (TPSA) is 64.4 Å². The summed E-state index contributed by atoms with van der Waals surface area (Å²) >= 11 is 0. The molecule has 0 spiro atoms. The molecule has 1 unspecified atom stereocenters. The molecule has 0 aromatic rings. The van der Waals surface area contributed by atoms with Crippen LogP contribution in [0.2, 0.25) is 0 Å². The highest BCUT2D eigenvalue weighted by Crippen LogP contribution is 2.26. The number of unbranched alkanes of at least 4 members (excludes halogenated alkanes) is 1. The Balaban J connectivity index is 2.31. The number of nitriles is 1. The van der Waals surface area contributed by atoms with Crippen molar-refractivity contribution in [2.75, 3.05) is 6.54 Å². The molecule has 0 radical (unpaired) electrons. The van der Waals surface area contributed by atoms with Gasteiger partial charge in [0.15, 0.2) is 0 Å². The number of nitrogens with zero attached hydrogens (tertiary/aromatic N) is 3. The number of carbonyl (C=O) groups excluding carboxylic acids is 2. The Morgan fingerprint density at radius 2 is 1.81 bits per heavy atom. The summed E-state index contributed by atoms with van der Waals surface area (Å²) in [6, 6.07) is 2.39. The third kappa shape index (κ3) is 4.46. The second kappa shape index (κ2) is 9.18. The fourth-order valence-electron chi connectivity index (χ4n) is 2.92. The number of hydrogen-bond acceptors (Lipinski definition) is 4. The van der Waals surface area contributed by atoms with Crippen molar-refractivity contribution in [1.29, 1.82) is 5.26 Å². The maximum absolute atomic E-state index is 12.8. The fourth-order valence-corrected chi connectivity index (χ4v) is 2.92. The quantitative estimate of drug-likeness (QED) is 0.527. The smallest absolute Gasteiger partial charge is 0.271 e. The summed E-state index contributed by atoms with van der Waals surface area (Å²) in [6.07, 6.45) is 14.2. The molecule has 0 aromatic heterocycles. The molecule has 0 aliphatic carbocycles. The van der Waals surface area contributed by atoms with Crippen molar-refractivity contribution in [2.24, 2.45) is 0 Å². The Labute approximate surface area is 161 Å². The first kappa shape index (κ1) is 20.4. The lowest BCUT2D eigenvalue weighted by molar-refractivity contribution is -0.140. The third-order valence-electron chi connectivity index (χ3n) is 4.98. The molecule has 2 aliphatic rings. The van der Waals surface area contributed by atoms with E-state index in [1.165, 1.54) is 4.90 Å². The Morgan fingerprint density at radius 1 is 1.15 bits per heavy atom. The molecule has 0 bridgehead atoms. The van der Waals surface area contributed by atoms with E-state index in [1.54, 1.807) is 13.0 Å². The van der Waals surface area contributed by atoms with Crippen LogP contribution in [0.5, 0.6) is 0 Å². The van der Waals surface area contributed by atoms with Gasteiger partial charge in [0.2, 0.25) is 0 Å². The van der Waals surface area contributed by atoms with E-state index in [1.807, 2.05) is 43.6 Å². The predicted octanol–water partition coefficient (Wildman–Crippen LogP) is 3.99. The molecule has 2 aliphatic heterocycles. The fraction of sp³-hybridized carbons (Fsp3) is 0.409. The minimum absolute atomic E-state index is 0.0491. The molecule has 0 fully saturated rings. The van der Waals surface area contributed by atoms with Crippen molar-refractivity contribution in [1.82, 2.24) is 9.80 Å². The van der Waals surface area contributed by atoms with Crippen LogP contribution in [0.4, 0.5) is 0 Å². The predicted molar refractivity (Wildman–Crippen MR) is 106 cm³/mol. The first-order chi connectivity index (χ1) is 12.9. The zero-order chi connectivity index (χ0) is 20.0. The normalized spacial score (nSPS) is 19.8. The lowest BCUT2D eigenvalue weighted by Gasteiger charge is -2.27. The molecule has 2 heterocycles. The zero-order valence-electron chi connectivity index (χ0n) is 16.5. The number of carbonyl (C=O) groups is 2. The monoisotopic (exact) mass is 365 g/mol. The molecule has 1 atom stereocenters. The standard InChI is InChI=1S/C22H27N3O2/c1-5-7-12-25-21(26)19(17(4)20(15-23)22(25)27)9-8-18-10-13-24(14-11-18)16(3)6-2/h8-11,13-14,16H,5-7,12H2,1-4H3/b19-9-. The Hall–Kier alpha value is -2.87. The molecular formula is C22H27N3O2. The van der Waals surface area contributed by atoms with Gasteiger partial charge in [-0.25, -0.2) is 0 Å². The van der Waals surface area contributed by atoms with Crippen molar-refractivity contribution in [3.05, 3.63) is 59.0 Å². The van der Waals surface area contributed by atoms with Gasteiger partial charge in [0.05, 0.1) is 0 Å². The van der Waals surface area contributed by atoms with Gasteiger partial charge in [-0.1, -0.05) is 26.3 Å². The number of amides is 2. The average Bonchev–Trinajstić information content (AvgIpc) is 2.68. The van der Waals surface area contributed by atoms with Crippen molar-refractivity contribution < 1.29 is 9.59 Å². The summed E-state index contributed by atoms with van der Waals surface area (Å²) in [5.41, 5.74) is 1.86. The highest BCUT2D eigenvalue weighted by Gasteiger charge is 2.34. The van der Waals surface area contributed by atoms with Crippen LogP contribution in [0, 0.1) is 11.3 Å². The first-order valence-electron chi connectivity index (χ1n) is 9.47. The van der Waals surface area contributed by atoms with E-state index in [4.69, 9.17) is 0 Å². The van der Waals surface area contributed by atoms with E-state index in [0.29, 0.717) is 23.7 Å². The van der Waals surface area contributed by atoms with Gasteiger partial charge in [0.25, 0.3) is 11.8 Å². The SMILES string of the molecule is CCCCN1C(=O)C(C#N)=C(C)/C(=C/C=C2C=CN(C(C)CC)C=C2)C1=O. The van der Waals surface area contributed by atoms with Crippen LogP contribution in [0.3, 0.4) is 0 Å². The van der Waals surface area contributed by atoms with Crippen molar-refractivity contribution in [3.8, 4) is 6.07 Å². The van der Waals surface area contributed by atoms with E-state index < -0.39 is 5.91 Å². The van der Waals surface area contributed by atoms with Crippen LogP contribution < -0.4 is 0 Å². The molecule has 0 saturated carbocycles. The van der Waals surface area contributed by atoms with Crippen LogP contribution >= 0.6 is 0 Å². The van der Waals surface area contributed by atoms with Gasteiger partial charge in [-0.3, -0.25) is 14.5 Å². The van der Waals surface area contributed by atoms with E-state index in [2.05, 4.69) is 18.7 Å². The summed E-state index contributed by atoms with van der Waals surface area (Å²) in [5.74, 6) is -0.813. The van der Waals surface area contributed by atoms with Crippen molar-refractivity contribution in [3.63, 3.8) is 0 Å². The minimum Gasteiger partial charge on any atom is -0.352 e. The summed E-state index contributed by atoms with van der Waals surface area (Å²) in [7, 11) is 0. The summed E-state index contributed by atoms with van der Waals surface area (Å²) < 4.78 is 0. The van der Waals surface area contributed by atoms with Crippen LogP contribution in [0.1, 0.15) is 47.0 Å². The number of imide groups is 1. The summed E-state index contributed by atoms with van der Waals surface area (Å²) in [5, 5.41) is 9.36. The lowest BCUT2D eigenvalue weighted by atomic mass is 9.94. The highest BCUT2D eigenvalue weighted by atomic mass is 16.2. The molecule has 0 aromatic carbocycles. The highest BCUT2D eigenvalue weighted by molar-refractivity contribution is 6.18. The Kier molecular flexibility index (Phi) is 6.95. The maximum Gasteiger partial charge on any atom is 0.271 e. The van der Waals surface area contributed by atoms with E-state index >= 15 is 0 Å². The minimum atomic E-state index is -0.486. The molecule has 5 nitrogen and oxygen atoms in total. The average molecular weight is 365 g/mol. The molecule has 142 valence electrons. The van der Waals surface area contributed by atoms with Crippen LogP contribution in [-0.2, 0) is 9.59 Å². The first-order valence-corrected chi connectivity index (χ1v) is 9.47. The number of hydrogen-bond donors (Lipinski definition) is 0. The van der Waals surface area contributed by atoms with Gasteiger partial charge in [-0.05, 0) is 56.1 Å². The van der Waals surface area contributed by atoms with Crippen molar-refractivity contribution >= 4 is 11.8 Å². The van der Waals surface area contributed by atoms with Gasteiger partial charge in [0.1, 0.15) is 11.6 Å². The second-order valence-corrected chi connectivity index (χ2v) is 6.81. The van der Waals surface area contributed by atoms with Gasteiger partial charge >= 0.3 is 0 Å². The van der Waals surface area contributed by atoms with Crippen molar-refractivity contribution in [2.45, 2.75) is 53.0 Å². The van der Waals surface area contributed by atoms with Crippen LogP contribution in [-0.4, -0.2) is 34.2 Å². The largest absolute Gasteiger partial charge is 0.352 e. The molecule has 0 saturated heterocycles. The van der Waals surface area contributed by atoms with Gasteiger partial charge in [-0.2, -0.15) is 5.26 Å². The van der Waals surface area contributed by atoms with Crippen LogP contribution in [0.15, 0.2) is 59.0 Å². The van der Waals surface area contributed by atoms with Gasteiger partial charge in [-0.15, -0.1) is 0 Å². The molecule has 27 heavy (non-hydrogen) atoms. The molecule has 2 rings (SSSR count). The molecule has 0 N–H and O–H groups in total. The summed E-state index contributed by atoms with van der Waals surface area (Å²) in [4.78, 5) is 28.5. The lowest BCUT2D eigenvalue weighted by Crippen LogP contribution is -2.43. The third-order valence-corrected chi connectivity index (χ3v) is 4.98. The van der Waals surface area contributed by atoms with E-state index in [0.717, 1.165) is 24.8 Å². The summed E-state index contributed by atoms with van der Waals surface area (Å²) in [6.45, 7) is 8.30. The van der Waals surface area contributed by atoms with Crippen LogP contribution in [0.25, 0.3) is 0 Å². The molecular weight excluding hydrogens is 338 g/mol. The molecule has 5 heteroatoms. The molecule has 2 amide bonds. The number of rotatable bonds is 6. The van der Waals surface area contributed by atoms with E-state index in [-0.39, 0.29) is 11.5 Å².